The lowest BCUT2D eigenvalue weighted by Gasteiger charge is -2.26. The maximum atomic E-state index is 6.74. The molecule has 0 aliphatic heterocycles. The van der Waals surface area contributed by atoms with Crippen molar-refractivity contribution in [1.82, 2.24) is 0 Å². The highest BCUT2D eigenvalue weighted by Crippen LogP contribution is 2.45. The SMILES string of the molecule is c1ccc(-c2ccc(N(c3ccc4oc5ccccc5c4c3)c3ccc4oc5c(N(c6ccccc6)c6ccccc6)cccc5c4c3)cc2)cc1. The Morgan fingerprint density at radius 3 is 1.44 bits per heavy atom. The summed E-state index contributed by atoms with van der Waals surface area (Å²) in [4.78, 5) is 4.58. The van der Waals surface area contributed by atoms with Crippen LogP contribution in [0.2, 0.25) is 0 Å². The molecule has 10 aromatic rings. The van der Waals surface area contributed by atoms with Crippen LogP contribution in [0.4, 0.5) is 34.1 Å². The average molecular weight is 669 g/mol. The van der Waals surface area contributed by atoms with Gasteiger partial charge in [-0.05, 0) is 96.1 Å². The predicted octanol–water partition coefficient (Wildman–Crippen LogP) is 14.1. The zero-order valence-electron chi connectivity index (χ0n) is 28.2. The molecule has 52 heavy (non-hydrogen) atoms. The Morgan fingerprint density at radius 1 is 0.288 bits per heavy atom. The van der Waals surface area contributed by atoms with Crippen LogP contribution in [0.15, 0.2) is 203 Å². The number of fused-ring (bicyclic) bond motifs is 6. The fraction of sp³-hybridized carbons (Fsp3) is 0. The quantitative estimate of drug-likeness (QED) is 0.169. The Balaban J connectivity index is 1.15. The molecule has 0 saturated carbocycles. The third-order valence-electron chi connectivity index (χ3n) is 9.84. The van der Waals surface area contributed by atoms with Crippen molar-refractivity contribution in [3.8, 4) is 11.1 Å². The van der Waals surface area contributed by atoms with E-state index in [1.54, 1.807) is 0 Å². The van der Waals surface area contributed by atoms with Gasteiger partial charge in [-0.1, -0.05) is 109 Å². The van der Waals surface area contributed by atoms with E-state index in [4.69, 9.17) is 8.83 Å². The maximum absolute atomic E-state index is 6.74. The number of nitrogens with zero attached hydrogens (tertiary/aromatic N) is 2. The van der Waals surface area contributed by atoms with E-state index in [0.29, 0.717) is 0 Å². The smallest absolute Gasteiger partial charge is 0.159 e. The highest BCUT2D eigenvalue weighted by molar-refractivity contribution is 6.12. The van der Waals surface area contributed by atoms with Crippen molar-refractivity contribution in [3.63, 3.8) is 0 Å². The lowest BCUT2D eigenvalue weighted by Crippen LogP contribution is -2.10. The largest absolute Gasteiger partial charge is 0.456 e. The van der Waals surface area contributed by atoms with E-state index in [9.17, 15) is 0 Å². The molecule has 0 aliphatic rings. The van der Waals surface area contributed by atoms with Crippen molar-refractivity contribution < 1.29 is 8.83 Å². The third kappa shape index (κ3) is 5.09. The summed E-state index contributed by atoms with van der Waals surface area (Å²) in [5.41, 5.74) is 12.0. The fourth-order valence-corrected chi connectivity index (χ4v) is 7.40. The van der Waals surface area contributed by atoms with Crippen LogP contribution in [0.3, 0.4) is 0 Å². The van der Waals surface area contributed by atoms with Gasteiger partial charge in [0.25, 0.3) is 0 Å². The van der Waals surface area contributed by atoms with E-state index in [2.05, 4.69) is 180 Å². The Hall–Kier alpha value is -7.04. The number of anilines is 6. The molecule has 10 rings (SSSR count). The Labute approximate surface area is 301 Å². The van der Waals surface area contributed by atoms with E-state index < -0.39 is 0 Å². The number of benzene rings is 8. The summed E-state index contributed by atoms with van der Waals surface area (Å²) in [5, 5.41) is 4.29. The molecule has 0 N–H and O–H groups in total. The van der Waals surface area contributed by atoms with Crippen LogP contribution in [0.25, 0.3) is 55.0 Å². The summed E-state index contributed by atoms with van der Waals surface area (Å²) in [6, 6.07) is 67.8. The maximum Gasteiger partial charge on any atom is 0.159 e. The highest BCUT2D eigenvalue weighted by Gasteiger charge is 2.21. The van der Waals surface area contributed by atoms with E-state index >= 15 is 0 Å². The van der Waals surface area contributed by atoms with Crippen LogP contribution in [0, 0.1) is 0 Å². The van der Waals surface area contributed by atoms with Crippen LogP contribution in [0.5, 0.6) is 0 Å². The summed E-state index contributed by atoms with van der Waals surface area (Å²) in [6.07, 6.45) is 0. The Bertz CT molecular complexity index is 2800. The van der Waals surface area contributed by atoms with Gasteiger partial charge < -0.3 is 18.6 Å². The van der Waals surface area contributed by atoms with Gasteiger partial charge in [0, 0.05) is 50.0 Å². The van der Waals surface area contributed by atoms with Gasteiger partial charge in [0.2, 0.25) is 0 Å². The normalized spacial score (nSPS) is 11.5. The van der Waals surface area contributed by atoms with Gasteiger partial charge in [-0.2, -0.15) is 0 Å². The lowest BCUT2D eigenvalue weighted by molar-refractivity contribution is 0.669. The van der Waals surface area contributed by atoms with E-state index in [1.807, 2.05) is 24.3 Å². The topological polar surface area (TPSA) is 32.8 Å². The van der Waals surface area contributed by atoms with Crippen LogP contribution in [-0.4, -0.2) is 0 Å². The van der Waals surface area contributed by atoms with Crippen LogP contribution in [0.1, 0.15) is 0 Å². The molecule has 2 aromatic heterocycles. The van der Waals surface area contributed by atoms with E-state index in [-0.39, 0.29) is 0 Å². The first-order chi connectivity index (χ1) is 25.8. The third-order valence-corrected chi connectivity index (χ3v) is 9.84. The minimum atomic E-state index is 0.836. The average Bonchev–Trinajstić information content (AvgIpc) is 3.78. The molecule has 0 spiro atoms. The van der Waals surface area contributed by atoms with Crippen LogP contribution < -0.4 is 9.80 Å². The zero-order valence-corrected chi connectivity index (χ0v) is 28.2. The van der Waals surface area contributed by atoms with Gasteiger partial charge >= 0.3 is 0 Å². The molecule has 4 heteroatoms. The minimum Gasteiger partial charge on any atom is -0.456 e. The second kappa shape index (κ2) is 12.4. The molecule has 246 valence electrons. The number of rotatable bonds is 7. The predicted molar refractivity (Wildman–Crippen MR) is 216 cm³/mol. The van der Waals surface area contributed by atoms with Crippen molar-refractivity contribution in [2.24, 2.45) is 0 Å². The summed E-state index contributed by atoms with van der Waals surface area (Å²) in [6.45, 7) is 0. The van der Waals surface area contributed by atoms with Gasteiger partial charge in [-0.3, -0.25) is 0 Å². The fourth-order valence-electron chi connectivity index (χ4n) is 7.40. The summed E-state index contributed by atoms with van der Waals surface area (Å²) in [5.74, 6) is 0. The molecule has 0 radical (unpaired) electrons. The number of hydrogen-bond acceptors (Lipinski definition) is 4. The number of para-hydroxylation sites is 4. The second-order valence-corrected chi connectivity index (χ2v) is 13.0. The zero-order chi connectivity index (χ0) is 34.4. The number of furan rings is 2. The summed E-state index contributed by atoms with van der Waals surface area (Å²) in [7, 11) is 0. The second-order valence-electron chi connectivity index (χ2n) is 13.0. The standard InChI is InChI=1S/C48H32N2O2/c1-4-13-33(14-5-1)34-23-25-37(26-24-34)49(38-27-29-46-42(31-38)40-19-10-11-22-45(40)51-46)39-28-30-47-43(32-39)41-20-12-21-44(48(41)52-47)50(35-15-6-2-7-16-35)36-17-8-3-9-18-36/h1-32H. The Kier molecular flexibility index (Phi) is 7.10. The van der Waals surface area contributed by atoms with E-state index in [1.165, 1.54) is 11.1 Å². The molecular formula is C48H32N2O2. The van der Waals surface area contributed by atoms with Crippen molar-refractivity contribution in [3.05, 3.63) is 194 Å². The minimum absolute atomic E-state index is 0.836. The summed E-state index contributed by atoms with van der Waals surface area (Å²) >= 11 is 0. The van der Waals surface area contributed by atoms with Crippen molar-refractivity contribution in [1.29, 1.82) is 0 Å². The monoisotopic (exact) mass is 668 g/mol. The lowest BCUT2D eigenvalue weighted by atomic mass is 10.0. The van der Waals surface area contributed by atoms with Crippen molar-refractivity contribution in [2.45, 2.75) is 0 Å². The molecule has 8 aromatic carbocycles. The first kappa shape index (κ1) is 29.8. The highest BCUT2D eigenvalue weighted by atomic mass is 16.3. The molecule has 0 amide bonds. The summed E-state index contributed by atoms with van der Waals surface area (Å²) < 4.78 is 13.0. The van der Waals surface area contributed by atoms with Gasteiger partial charge in [0.15, 0.2) is 5.58 Å². The van der Waals surface area contributed by atoms with E-state index in [0.717, 1.165) is 78.0 Å². The van der Waals surface area contributed by atoms with Gasteiger partial charge in [0.1, 0.15) is 16.7 Å². The van der Waals surface area contributed by atoms with Crippen LogP contribution >= 0.6 is 0 Å². The number of hydrogen-bond donors (Lipinski definition) is 0. The molecule has 0 bridgehead atoms. The first-order valence-electron chi connectivity index (χ1n) is 17.5. The van der Waals surface area contributed by atoms with Gasteiger partial charge in [-0.25, -0.2) is 0 Å². The molecule has 2 heterocycles. The Morgan fingerprint density at radius 2 is 0.769 bits per heavy atom. The molecule has 0 atom stereocenters. The van der Waals surface area contributed by atoms with Gasteiger partial charge in [0.05, 0.1) is 5.69 Å². The van der Waals surface area contributed by atoms with Crippen molar-refractivity contribution in [2.75, 3.05) is 9.80 Å². The molecular weight excluding hydrogens is 637 g/mol. The van der Waals surface area contributed by atoms with Crippen molar-refractivity contribution >= 4 is 78.0 Å². The molecule has 0 saturated heterocycles. The molecule has 0 fully saturated rings. The van der Waals surface area contributed by atoms with Gasteiger partial charge in [-0.15, -0.1) is 0 Å². The molecule has 0 aliphatic carbocycles. The first-order valence-corrected chi connectivity index (χ1v) is 17.5. The molecule has 4 nitrogen and oxygen atoms in total. The molecule has 0 unspecified atom stereocenters. The van der Waals surface area contributed by atoms with Crippen LogP contribution in [-0.2, 0) is 0 Å².